The predicted octanol–water partition coefficient (Wildman–Crippen LogP) is 0.831. The van der Waals surface area contributed by atoms with Crippen molar-refractivity contribution in [3.05, 3.63) is 23.8 Å². The number of unbranched alkanes of at least 4 members (excludes halogenated alkanes) is 1. The number of aliphatic hydroxyl groups excluding tert-OH is 2. The summed E-state index contributed by atoms with van der Waals surface area (Å²) in [6.45, 7) is 6.40. The molecular formula is C23H31NO6. The van der Waals surface area contributed by atoms with Gasteiger partial charge in [0.1, 0.15) is 17.6 Å². The van der Waals surface area contributed by atoms with Crippen molar-refractivity contribution in [2.45, 2.75) is 63.3 Å². The number of carbonyl (C=O) groups excluding carboxylic acids is 2. The Morgan fingerprint density at radius 1 is 1.40 bits per heavy atom. The quantitative estimate of drug-likeness (QED) is 0.299. The van der Waals surface area contributed by atoms with Gasteiger partial charge in [0.15, 0.2) is 0 Å². The highest BCUT2D eigenvalue weighted by Crippen LogP contribution is 2.74. The van der Waals surface area contributed by atoms with Crippen LogP contribution in [0.2, 0.25) is 0 Å². The Balaban J connectivity index is 1.59. The Bertz CT molecular complexity index is 853. The minimum Gasteiger partial charge on any atom is -0.455 e. The summed E-state index contributed by atoms with van der Waals surface area (Å²) in [7, 11) is 0. The van der Waals surface area contributed by atoms with Crippen LogP contribution in [0.15, 0.2) is 23.8 Å². The molecule has 0 radical (unpaired) electrons. The molecule has 1 heterocycles. The smallest absolute Gasteiger partial charge is 0.315 e. The lowest BCUT2D eigenvalue weighted by Gasteiger charge is -2.42. The summed E-state index contributed by atoms with van der Waals surface area (Å²) in [5.74, 6) is -1.51. The van der Waals surface area contributed by atoms with E-state index in [9.17, 15) is 19.8 Å². The van der Waals surface area contributed by atoms with Crippen LogP contribution in [0.5, 0.6) is 0 Å². The zero-order valence-electron chi connectivity index (χ0n) is 17.4. The molecule has 4 fully saturated rings. The molecule has 1 spiro atoms. The molecule has 5 rings (SSSR count). The Morgan fingerprint density at radius 2 is 2.17 bits per heavy atom. The van der Waals surface area contributed by atoms with E-state index in [0.717, 1.165) is 17.6 Å². The predicted molar refractivity (Wildman–Crippen MR) is 107 cm³/mol. The summed E-state index contributed by atoms with van der Waals surface area (Å²) in [5.41, 5.74) is -0.795. The van der Waals surface area contributed by atoms with Gasteiger partial charge in [-0.15, -0.1) is 0 Å². The van der Waals surface area contributed by atoms with Crippen LogP contribution in [0, 0.1) is 28.6 Å². The van der Waals surface area contributed by atoms with E-state index < -0.39 is 46.4 Å². The maximum absolute atomic E-state index is 13.6. The SMILES string of the molecule is C=C1C[C@]23C[C@]1(O)CC[C@H]2C1=C[C@@H]2OC(=O)[C@@](C)([C@H]1[C@@H]3C(=O)NCCCCO)[C@H]2O. The van der Waals surface area contributed by atoms with Crippen molar-refractivity contribution < 1.29 is 29.6 Å². The maximum Gasteiger partial charge on any atom is 0.315 e. The molecule has 5 aliphatic rings. The molecule has 164 valence electrons. The zero-order chi connectivity index (χ0) is 21.5. The average Bonchev–Trinajstić information content (AvgIpc) is 3.14. The fourth-order valence-electron chi connectivity index (χ4n) is 7.44. The van der Waals surface area contributed by atoms with Crippen LogP contribution in [0.1, 0.15) is 45.4 Å². The Morgan fingerprint density at radius 3 is 2.90 bits per heavy atom. The van der Waals surface area contributed by atoms with E-state index in [0.29, 0.717) is 38.6 Å². The monoisotopic (exact) mass is 417 g/mol. The number of esters is 1. The lowest BCUT2D eigenvalue weighted by Crippen LogP contribution is -2.52. The first kappa shape index (κ1) is 20.2. The molecule has 1 amide bonds. The molecule has 7 nitrogen and oxygen atoms in total. The van der Waals surface area contributed by atoms with Crippen LogP contribution in [-0.2, 0) is 14.3 Å². The van der Waals surface area contributed by atoms with Crippen molar-refractivity contribution in [3.8, 4) is 0 Å². The van der Waals surface area contributed by atoms with Crippen molar-refractivity contribution in [2.24, 2.45) is 28.6 Å². The number of rotatable bonds is 5. The summed E-state index contributed by atoms with van der Waals surface area (Å²) in [4.78, 5) is 26.5. The number of nitrogens with one attached hydrogen (secondary N) is 1. The van der Waals surface area contributed by atoms with Gasteiger partial charge < -0.3 is 25.4 Å². The molecule has 0 aromatic heterocycles. The molecule has 1 aliphatic heterocycles. The molecule has 1 saturated heterocycles. The summed E-state index contributed by atoms with van der Waals surface area (Å²) < 4.78 is 5.48. The van der Waals surface area contributed by atoms with Gasteiger partial charge in [0.05, 0.1) is 11.5 Å². The van der Waals surface area contributed by atoms with Crippen LogP contribution >= 0.6 is 0 Å². The molecule has 30 heavy (non-hydrogen) atoms. The topological polar surface area (TPSA) is 116 Å². The highest BCUT2D eigenvalue weighted by molar-refractivity contribution is 5.87. The van der Waals surface area contributed by atoms with Crippen molar-refractivity contribution in [1.29, 1.82) is 0 Å². The highest BCUT2D eigenvalue weighted by Gasteiger charge is 2.75. The van der Waals surface area contributed by atoms with Crippen LogP contribution in [-0.4, -0.2) is 58.2 Å². The molecule has 0 unspecified atom stereocenters. The Labute approximate surface area is 176 Å². The van der Waals surface area contributed by atoms with Crippen molar-refractivity contribution in [3.63, 3.8) is 0 Å². The molecular weight excluding hydrogens is 386 g/mol. The molecule has 4 bridgehead atoms. The average molecular weight is 418 g/mol. The second kappa shape index (κ2) is 6.40. The van der Waals surface area contributed by atoms with E-state index in [-0.39, 0.29) is 18.4 Å². The van der Waals surface area contributed by atoms with Gasteiger partial charge in [0.2, 0.25) is 5.91 Å². The minimum atomic E-state index is -1.17. The van der Waals surface area contributed by atoms with E-state index in [1.54, 1.807) is 6.92 Å². The van der Waals surface area contributed by atoms with Crippen LogP contribution in [0.25, 0.3) is 0 Å². The fraction of sp³-hybridized carbons (Fsp3) is 0.739. The number of hydrogen-bond donors (Lipinski definition) is 4. The Kier molecular flexibility index (Phi) is 4.32. The van der Waals surface area contributed by atoms with Crippen LogP contribution in [0.4, 0.5) is 0 Å². The second-order valence-electron chi connectivity index (χ2n) is 10.3. The molecule has 4 N–H and O–H groups in total. The number of fused-ring (bicyclic) bond motifs is 6. The standard InChI is InChI=1S/C23H31NO6/c1-12-10-22-11-23(12,29)6-5-14(22)13-9-15-18(26)21(2,20(28)30-15)16(13)17(22)19(27)24-7-3-4-8-25/h9,14-18,25-26,29H,1,3-8,10-11H2,2H3,(H,24,27)/t14-,15-,16+,17+,18-,21-,22-,23+/m0/s1. The zero-order valence-corrected chi connectivity index (χ0v) is 17.4. The third-order valence-corrected chi connectivity index (χ3v) is 8.85. The van der Waals surface area contributed by atoms with Gasteiger partial charge in [-0.05, 0) is 68.4 Å². The van der Waals surface area contributed by atoms with Gasteiger partial charge in [-0.2, -0.15) is 0 Å². The number of carbonyl (C=O) groups is 2. The Hall–Kier alpha value is -1.70. The van der Waals surface area contributed by atoms with E-state index in [2.05, 4.69) is 11.9 Å². The largest absolute Gasteiger partial charge is 0.455 e. The van der Waals surface area contributed by atoms with Crippen LogP contribution < -0.4 is 5.32 Å². The third kappa shape index (κ3) is 2.31. The normalized spacial score (nSPS) is 48.1. The second-order valence-corrected chi connectivity index (χ2v) is 10.3. The van der Waals surface area contributed by atoms with Crippen LogP contribution in [0.3, 0.4) is 0 Å². The summed E-state index contributed by atoms with van der Waals surface area (Å²) in [6.07, 6.45) is 3.88. The summed E-state index contributed by atoms with van der Waals surface area (Å²) in [5, 5.41) is 34.1. The first-order valence-corrected chi connectivity index (χ1v) is 11.1. The lowest BCUT2D eigenvalue weighted by atomic mass is 9.60. The molecule has 0 aromatic carbocycles. The highest BCUT2D eigenvalue weighted by atomic mass is 16.6. The van der Waals surface area contributed by atoms with Crippen molar-refractivity contribution >= 4 is 11.9 Å². The third-order valence-electron chi connectivity index (χ3n) is 8.85. The van der Waals surface area contributed by atoms with Gasteiger partial charge in [-0.1, -0.05) is 12.2 Å². The van der Waals surface area contributed by atoms with Gasteiger partial charge in [0, 0.05) is 19.1 Å². The summed E-state index contributed by atoms with van der Waals surface area (Å²) >= 11 is 0. The molecule has 3 saturated carbocycles. The van der Waals surface area contributed by atoms with E-state index in [4.69, 9.17) is 9.84 Å². The van der Waals surface area contributed by atoms with Gasteiger partial charge in [-0.3, -0.25) is 9.59 Å². The van der Waals surface area contributed by atoms with Crippen molar-refractivity contribution in [2.75, 3.05) is 13.2 Å². The first-order valence-electron chi connectivity index (χ1n) is 11.1. The molecule has 8 atom stereocenters. The number of allylic oxidation sites excluding steroid dienone is 1. The van der Waals surface area contributed by atoms with Gasteiger partial charge in [0.25, 0.3) is 0 Å². The van der Waals surface area contributed by atoms with E-state index in [1.165, 1.54) is 0 Å². The number of ether oxygens (including phenoxy) is 1. The number of aliphatic hydroxyl groups is 3. The first-order chi connectivity index (χ1) is 14.2. The van der Waals surface area contributed by atoms with Crippen molar-refractivity contribution in [1.82, 2.24) is 5.32 Å². The van der Waals surface area contributed by atoms with Gasteiger partial charge >= 0.3 is 5.97 Å². The summed E-state index contributed by atoms with van der Waals surface area (Å²) in [6, 6.07) is 0. The number of hydrogen-bond acceptors (Lipinski definition) is 6. The number of amides is 1. The maximum atomic E-state index is 13.6. The molecule has 0 aromatic rings. The lowest BCUT2D eigenvalue weighted by molar-refractivity contribution is -0.151. The van der Waals surface area contributed by atoms with E-state index >= 15 is 0 Å². The van der Waals surface area contributed by atoms with E-state index in [1.807, 2.05) is 6.08 Å². The van der Waals surface area contributed by atoms with Gasteiger partial charge in [-0.25, -0.2) is 0 Å². The molecule has 4 aliphatic carbocycles. The fourth-order valence-corrected chi connectivity index (χ4v) is 7.44. The minimum absolute atomic E-state index is 0.0686. The molecule has 7 heteroatoms.